The van der Waals surface area contributed by atoms with E-state index in [2.05, 4.69) is 28.7 Å². The number of hydrogen-bond donors (Lipinski definition) is 1. The van der Waals surface area contributed by atoms with Gasteiger partial charge >= 0.3 is 0 Å². The van der Waals surface area contributed by atoms with Gasteiger partial charge in [0.2, 0.25) is 5.91 Å². The zero-order valence-corrected chi connectivity index (χ0v) is 17.5. The summed E-state index contributed by atoms with van der Waals surface area (Å²) in [6.45, 7) is 12.2. The molecule has 0 aliphatic carbocycles. The summed E-state index contributed by atoms with van der Waals surface area (Å²) < 4.78 is 1.96. The van der Waals surface area contributed by atoms with Gasteiger partial charge in [-0.3, -0.25) is 9.69 Å². The summed E-state index contributed by atoms with van der Waals surface area (Å²) in [5, 5.41) is 0. The maximum absolute atomic E-state index is 13.1. The first-order valence-electron chi connectivity index (χ1n) is 10.5. The first-order chi connectivity index (χ1) is 13.4. The first kappa shape index (κ1) is 19.2. The largest absolute Gasteiger partial charge is 0.348 e. The number of H-pyrrole nitrogens is 1. The van der Waals surface area contributed by atoms with Crippen molar-refractivity contribution in [1.82, 2.24) is 29.3 Å². The van der Waals surface area contributed by atoms with Crippen LogP contribution in [-0.2, 0) is 16.8 Å². The molecule has 0 saturated carbocycles. The fraction of sp³-hybridized carbons (Fsp3) is 0.667. The third-order valence-electron chi connectivity index (χ3n) is 6.52. The predicted octanol–water partition coefficient (Wildman–Crippen LogP) is 2.51. The van der Waals surface area contributed by atoms with Gasteiger partial charge in [-0.05, 0) is 32.6 Å². The highest BCUT2D eigenvalue weighted by Crippen LogP contribution is 2.42. The molecule has 1 fully saturated rings. The molecule has 1 atom stereocenters. The van der Waals surface area contributed by atoms with Crippen LogP contribution in [0.2, 0.25) is 0 Å². The maximum Gasteiger partial charge on any atom is 0.245 e. The van der Waals surface area contributed by atoms with Crippen LogP contribution < -0.4 is 0 Å². The van der Waals surface area contributed by atoms with Crippen molar-refractivity contribution in [3.05, 3.63) is 35.9 Å². The molecule has 0 aromatic carbocycles. The number of carbonyl (C=O) groups excluding carboxylic acids is 1. The summed E-state index contributed by atoms with van der Waals surface area (Å²) in [6.07, 6.45) is 8.41. The van der Waals surface area contributed by atoms with E-state index < -0.39 is 0 Å². The van der Waals surface area contributed by atoms with E-state index >= 15 is 0 Å². The molecule has 0 unspecified atom stereocenters. The van der Waals surface area contributed by atoms with Gasteiger partial charge in [0.05, 0.1) is 17.6 Å². The van der Waals surface area contributed by atoms with Crippen LogP contribution in [0.15, 0.2) is 18.7 Å². The molecule has 4 heterocycles. The second-order valence-corrected chi connectivity index (χ2v) is 8.73. The molecule has 2 aromatic heterocycles. The van der Waals surface area contributed by atoms with Gasteiger partial charge in [-0.1, -0.05) is 13.8 Å². The molecule has 4 rings (SSSR count). The third kappa shape index (κ3) is 3.15. The molecule has 1 amide bonds. The van der Waals surface area contributed by atoms with E-state index in [0.29, 0.717) is 5.92 Å². The Balaban J connectivity index is 1.53. The molecule has 2 aromatic rings. The fourth-order valence-corrected chi connectivity index (χ4v) is 5.06. The van der Waals surface area contributed by atoms with Crippen LogP contribution in [0, 0.1) is 12.8 Å². The SMILES string of the molecule is Cc1nccn1[C@@H](C)C(=O)N1CCC2(CC1)c1nc[nH]c1CCN2CC(C)C. The number of carbonyl (C=O) groups is 1. The molecule has 2 aliphatic rings. The Bertz CT molecular complexity index is 830. The van der Waals surface area contributed by atoms with Crippen molar-refractivity contribution < 1.29 is 4.79 Å². The lowest BCUT2D eigenvalue weighted by atomic mass is 9.78. The zero-order chi connectivity index (χ0) is 19.9. The number of aromatic amines is 1. The smallest absolute Gasteiger partial charge is 0.245 e. The van der Waals surface area contributed by atoms with Gasteiger partial charge < -0.3 is 14.5 Å². The minimum absolute atomic E-state index is 0.0389. The van der Waals surface area contributed by atoms with Crippen LogP contribution in [-0.4, -0.2) is 61.4 Å². The Hall–Kier alpha value is -2.15. The van der Waals surface area contributed by atoms with Crippen LogP contribution in [0.5, 0.6) is 0 Å². The summed E-state index contributed by atoms with van der Waals surface area (Å²) >= 11 is 0. The van der Waals surface area contributed by atoms with Crippen molar-refractivity contribution in [2.24, 2.45) is 5.92 Å². The Kier molecular flexibility index (Phi) is 5.04. The van der Waals surface area contributed by atoms with Crippen LogP contribution in [0.25, 0.3) is 0 Å². The van der Waals surface area contributed by atoms with E-state index in [1.165, 1.54) is 11.4 Å². The van der Waals surface area contributed by atoms with Crippen molar-refractivity contribution in [3.8, 4) is 0 Å². The van der Waals surface area contributed by atoms with Crippen LogP contribution >= 0.6 is 0 Å². The van der Waals surface area contributed by atoms with Crippen LogP contribution in [0.3, 0.4) is 0 Å². The average Bonchev–Trinajstić information content (AvgIpc) is 3.33. The number of aryl methyl sites for hydroxylation is 1. The molecule has 7 nitrogen and oxygen atoms in total. The predicted molar refractivity (Wildman–Crippen MR) is 108 cm³/mol. The lowest BCUT2D eigenvalue weighted by Crippen LogP contribution is -2.58. The fourth-order valence-electron chi connectivity index (χ4n) is 5.06. The third-order valence-corrected chi connectivity index (χ3v) is 6.52. The van der Waals surface area contributed by atoms with E-state index in [-0.39, 0.29) is 17.5 Å². The van der Waals surface area contributed by atoms with Gasteiger partial charge in [-0.2, -0.15) is 0 Å². The number of piperidine rings is 1. The highest BCUT2D eigenvalue weighted by Gasteiger charge is 2.47. The molecular formula is C21H32N6O. The lowest BCUT2D eigenvalue weighted by Gasteiger charge is -2.51. The van der Waals surface area contributed by atoms with Crippen LogP contribution in [0.1, 0.15) is 56.9 Å². The first-order valence-corrected chi connectivity index (χ1v) is 10.5. The molecule has 2 aliphatic heterocycles. The Morgan fingerprint density at radius 3 is 2.61 bits per heavy atom. The van der Waals surface area contributed by atoms with Crippen molar-refractivity contribution >= 4 is 5.91 Å². The molecule has 28 heavy (non-hydrogen) atoms. The Labute approximate surface area is 167 Å². The number of imidazole rings is 2. The zero-order valence-electron chi connectivity index (χ0n) is 17.5. The number of rotatable bonds is 4. The van der Waals surface area contributed by atoms with Crippen molar-refractivity contribution in [1.29, 1.82) is 0 Å². The van der Waals surface area contributed by atoms with Crippen LogP contribution in [0.4, 0.5) is 0 Å². The minimum atomic E-state index is -0.212. The molecule has 0 radical (unpaired) electrons. The summed E-state index contributed by atoms with van der Waals surface area (Å²) in [5.74, 6) is 1.68. The van der Waals surface area contributed by atoms with Gasteiger partial charge in [0.1, 0.15) is 11.9 Å². The van der Waals surface area contributed by atoms with Gasteiger partial charge in [0, 0.05) is 50.7 Å². The highest BCUT2D eigenvalue weighted by atomic mass is 16.2. The number of fused-ring (bicyclic) bond motifs is 2. The second-order valence-electron chi connectivity index (χ2n) is 8.73. The highest BCUT2D eigenvalue weighted by molar-refractivity contribution is 5.80. The van der Waals surface area contributed by atoms with E-state index in [1.807, 2.05) is 35.8 Å². The Morgan fingerprint density at radius 2 is 1.96 bits per heavy atom. The molecule has 1 saturated heterocycles. The van der Waals surface area contributed by atoms with E-state index in [0.717, 1.165) is 51.3 Å². The minimum Gasteiger partial charge on any atom is -0.348 e. The lowest BCUT2D eigenvalue weighted by molar-refractivity contribution is -0.137. The second kappa shape index (κ2) is 7.35. The van der Waals surface area contributed by atoms with E-state index in [4.69, 9.17) is 4.98 Å². The number of nitrogens with zero attached hydrogens (tertiary/aromatic N) is 5. The summed E-state index contributed by atoms with van der Waals surface area (Å²) in [6, 6.07) is -0.212. The standard InChI is InChI=1S/C21H32N6O/c1-15(2)13-26-9-5-18-19(24-14-23-18)21(26)6-10-25(11-7-21)20(28)16(3)27-12-8-22-17(27)4/h8,12,14-16H,5-7,9-11,13H2,1-4H3,(H,23,24)/t16-/m0/s1. The van der Waals surface area contributed by atoms with Crippen molar-refractivity contribution in [2.75, 3.05) is 26.2 Å². The number of amides is 1. The van der Waals surface area contributed by atoms with E-state index in [9.17, 15) is 4.79 Å². The van der Waals surface area contributed by atoms with Crippen molar-refractivity contribution in [2.45, 2.75) is 58.5 Å². The number of likely N-dealkylation sites (tertiary alicyclic amines) is 1. The molecule has 1 N–H and O–H groups in total. The molecule has 0 bridgehead atoms. The molecule has 7 heteroatoms. The molecule has 152 valence electrons. The summed E-state index contributed by atoms with van der Waals surface area (Å²) in [4.78, 5) is 30.1. The average molecular weight is 385 g/mol. The molecule has 1 spiro atoms. The monoisotopic (exact) mass is 384 g/mol. The number of nitrogens with one attached hydrogen (secondary N) is 1. The topological polar surface area (TPSA) is 70.0 Å². The summed E-state index contributed by atoms with van der Waals surface area (Å²) in [5.41, 5.74) is 2.45. The van der Waals surface area contributed by atoms with Gasteiger partial charge in [0.25, 0.3) is 0 Å². The van der Waals surface area contributed by atoms with Gasteiger partial charge in [-0.25, -0.2) is 9.97 Å². The van der Waals surface area contributed by atoms with Crippen molar-refractivity contribution in [3.63, 3.8) is 0 Å². The Morgan fingerprint density at radius 1 is 1.21 bits per heavy atom. The maximum atomic E-state index is 13.1. The number of aromatic nitrogens is 4. The van der Waals surface area contributed by atoms with Gasteiger partial charge in [0.15, 0.2) is 0 Å². The number of hydrogen-bond acceptors (Lipinski definition) is 4. The van der Waals surface area contributed by atoms with E-state index in [1.54, 1.807) is 6.20 Å². The molecular weight excluding hydrogens is 352 g/mol. The quantitative estimate of drug-likeness (QED) is 0.879. The normalized spacial score (nSPS) is 20.5. The summed E-state index contributed by atoms with van der Waals surface area (Å²) in [7, 11) is 0. The van der Waals surface area contributed by atoms with Gasteiger partial charge in [-0.15, -0.1) is 0 Å².